The summed E-state index contributed by atoms with van der Waals surface area (Å²) in [7, 11) is 1.66. The minimum Gasteiger partial charge on any atom is -0.383 e. The first-order chi connectivity index (χ1) is 12.5. The number of hydrogen-bond donors (Lipinski definition) is 3. The van der Waals surface area contributed by atoms with Crippen LogP contribution in [0.5, 0.6) is 0 Å². The van der Waals surface area contributed by atoms with Gasteiger partial charge in [0.1, 0.15) is 11.5 Å². The second-order valence-electron chi connectivity index (χ2n) is 6.02. The Morgan fingerprint density at radius 3 is 2.65 bits per heavy atom. The highest BCUT2D eigenvalue weighted by molar-refractivity contribution is 7.80. The normalized spacial score (nSPS) is 10.5. The lowest BCUT2D eigenvalue weighted by Gasteiger charge is -2.23. The Bertz CT molecular complexity index is 860. The van der Waals surface area contributed by atoms with Crippen LogP contribution in [0.3, 0.4) is 0 Å². The average Bonchev–Trinajstić information content (AvgIpc) is 2.62. The molecule has 0 radical (unpaired) electrons. The Balaban J connectivity index is 2.12. The molecule has 0 fully saturated rings. The molecule has 26 heavy (non-hydrogen) atoms. The summed E-state index contributed by atoms with van der Waals surface area (Å²) in [6.07, 6.45) is 2.51. The maximum Gasteiger partial charge on any atom is 0.330 e. The lowest BCUT2D eigenvalue weighted by atomic mass is 10.1. The highest BCUT2D eigenvalue weighted by Crippen LogP contribution is 2.15. The molecule has 140 valence electrons. The number of nitrogens with zero attached hydrogens (tertiary/aromatic N) is 2. The first-order valence-electron chi connectivity index (χ1n) is 8.63. The molecule has 0 spiro atoms. The molecule has 0 aliphatic heterocycles. The van der Waals surface area contributed by atoms with Gasteiger partial charge in [0.2, 0.25) is 0 Å². The molecule has 1 aromatic carbocycles. The Kier molecular flexibility index (Phi) is 6.97. The lowest BCUT2D eigenvalue weighted by molar-refractivity contribution is 0.605. The summed E-state index contributed by atoms with van der Waals surface area (Å²) in [6.45, 7) is 3.10. The number of benzene rings is 1. The van der Waals surface area contributed by atoms with Crippen LogP contribution in [0, 0.1) is 0 Å². The van der Waals surface area contributed by atoms with Crippen LogP contribution in [-0.2, 0) is 13.0 Å². The quantitative estimate of drug-likeness (QED) is 0.634. The molecule has 2 rings (SSSR count). The molecule has 0 atom stereocenters. The standard InChI is InChI=1S/C18H25N5O2S/c1-3-4-12-23-15(19)14(16(24)21-17(23)25)22(2)18(26)20-11-10-13-8-6-5-7-9-13/h5-9H,3-4,10-12,19H2,1-2H3,(H,20,26)(H,21,24,25). The highest BCUT2D eigenvalue weighted by atomic mass is 32.1. The summed E-state index contributed by atoms with van der Waals surface area (Å²) in [5, 5.41) is 3.50. The summed E-state index contributed by atoms with van der Waals surface area (Å²) in [5.41, 5.74) is 6.42. The monoisotopic (exact) mass is 375 g/mol. The molecule has 1 aromatic heterocycles. The van der Waals surface area contributed by atoms with Gasteiger partial charge in [-0.25, -0.2) is 4.79 Å². The van der Waals surface area contributed by atoms with Gasteiger partial charge < -0.3 is 16.0 Å². The first-order valence-corrected chi connectivity index (χ1v) is 9.04. The van der Waals surface area contributed by atoms with E-state index < -0.39 is 11.2 Å². The van der Waals surface area contributed by atoms with Crippen LogP contribution in [0.25, 0.3) is 0 Å². The number of rotatable bonds is 7. The van der Waals surface area contributed by atoms with E-state index >= 15 is 0 Å². The van der Waals surface area contributed by atoms with Crippen LogP contribution in [0.15, 0.2) is 39.9 Å². The summed E-state index contributed by atoms with van der Waals surface area (Å²) >= 11 is 5.38. The topological polar surface area (TPSA) is 96.2 Å². The molecule has 0 saturated heterocycles. The van der Waals surface area contributed by atoms with Gasteiger partial charge in [-0.2, -0.15) is 0 Å². The number of nitrogens with two attached hydrogens (primary N) is 1. The molecule has 0 aliphatic carbocycles. The van der Waals surface area contributed by atoms with Crippen molar-refractivity contribution in [1.29, 1.82) is 0 Å². The Labute approximate surface area is 157 Å². The largest absolute Gasteiger partial charge is 0.383 e. The number of nitrogens with one attached hydrogen (secondary N) is 2. The summed E-state index contributed by atoms with van der Waals surface area (Å²) in [6, 6.07) is 10.0. The van der Waals surface area contributed by atoms with E-state index in [1.165, 1.54) is 15.0 Å². The minimum atomic E-state index is -0.546. The second kappa shape index (κ2) is 9.19. The predicted molar refractivity (Wildman–Crippen MR) is 110 cm³/mol. The number of thiocarbonyl (C=S) groups is 1. The number of anilines is 2. The summed E-state index contributed by atoms with van der Waals surface area (Å²) in [5.74, 6) is 0.127. The molecule has 0 aliphatic rings. The van der Waals surface area contributed by atoms with Gasteiger partial charge >= 0.3 is 5.69 Å². The predicted octanol–water partition coefficient (Wildman–Crippen LogP) is 1.47. The second-order valence-corrected chi connectivity index (χ2v) is 6.41. The number of nitrogen functional groups attached to an aromatic ring is 1. The molecule has 7 nitrogen and oxygen atoms in total. The number of H-pyrrole nitrogens is 1. The van der Waals surface area contributed by atoms with E-state index in [1.54, 1.807) is 7.05 Å². The molecule has 0 bridgehead atoms. The molecule has 2 aromatic rings. The van der Waals surface area contributed by atoms with Crippen LogP contribution in [0.2, 0.25) is 0 Å². The van der Waals surface area contributed by atoms with Gasteiger partial charge in [-0.3, -0.25) is 14.3 Å². The smallest absolute Gasteiger partial charge is 0.330 e. The van der Waals surface area contributed by atoms with Crippen LogP contribution in [-0.4, -0.2) is 28.3 Å². The van der Waals surface area contributed by atoms with Gasteiger partial charge in [0, 0.05) is 20.1 Å². The summed E-state index contributed by atoms with van der Waals surface area (Å²) in [4.78, 5) is 28.1. The Morgan fingerprint density at radius 1 is 1.31 bits per heavy atom. The van der Waals surface area contributed by atoms with E-state index in [2.05, 4.69) is 10.3 Å². The fourth-order valence-corrected chi connectivity index (χ4v) is 2.81. The van der Waals surface area contributed by atoms with E-state index in [1.807, 2.05) is 37.3 Å². The van der Waals surface area contributed by atoms with Gasteiger partial charge in [-0.05, 0) is 30.6 Å². The third-order valence-corrected chi connectivity index (χ3v) is 4.54. The van der Waals surface area contributed by atoms with Crippen molar-refractivity contribution in [2.24, 2.45) is 0 Å². The van der Waals surface area contributed by atoms with Crippen molar-refractivity contribution in [2.75, 3.05) is 24.2 Å². The van der Waals surface area contributed by atoms with E-state index in [0.29, 0.717) is 18.2 Å². The van der Waals surface area contributed by atoms with E-state index in [-0.39, 0.29) is 11.5 Å². The fourth-order valence-electron chi connectivity index (χ4n) is 2.62. The Morgan fingerprint density at radius 2 is 2.00 bits per heavy atom. The van der Waals surface area contributed by atoms with Crippen molar-refractivity contribution < 1.29 is 0 Å². The van der Waals surface area contributed by atoms with Crippen LogP contribution in [0.1, 0.15) is 25.3 Å². The van der Waals surface area contributed by atoms with Gasteiger partial charge in [0.25, 0.3) is 5.56 Å². The van der Waals surface area contributed by atoms with Crippen LogP contribution < -0.4 is 27.2 Å². The molecular weight excluding hydrogens is 350 g/mol. The van der Waals surface area contributed by atoms with Crippen molar-refractivity contribution >= 4 is 28.8 Å². The molecule has 8 heteroatoms. The third kappa shape index (κ3) is 4.72. The van der Waals surface area contributed by atoms with Crippen molar-refractivity contribution in [2.45, 2.75) is 32.7 Å². The first kappa shape index (κ1) is 19.7. The number of hydrogen-bond acceptors (Lipinski definition) is 4. The number of unbranched alkanes of at least 4 members (excludes halogenated alkanes) is 1. The molecule has 4 N–H and O–H groups in total. The van der Waals surface area contributed by atoms with E-state index in [9.17, 15) is 9.59 Å². The molecule has 0 amide bonds. The summed E-state index contributed by atoms with van der Waals surface area (Å²) < 4.78 is 1.38. The van der Waals surface area contributed by atoms with Gasteiger partial charge in [0.15, 0.2) is 5.11 Å². The Hall–Kier alpha value is -2.61. The fraction of sp³-hybridized carbons (Fsp3) is 0.389. The molecular formula is C18H25N5O2S. The lowest BCUT2D eigenvalue weighted by Crippen LogP contribution is -2.43. The van der Waals surface area contributed by atoms with Crippen molar-refractivity contribution in [3.8, 4) is 0 Å². The van der Waals surface area contributed by atoms with Crippen LogP contribution >= 0.6 is 12.2 Å². The molecule has 1 heterocycles. The van der Waals surface area contributed by atoms with E-state index in [4.69, 9.17) is 18.0 Å². The number of aromatic amines is 1. The highest BCUT2D eigenvalue weighted by Gasteiger charge is 2.18. The van der Waals surface area contributed by atoms with Crippen molar-refractivity contribution in [3.05, 3.63) is 56.7 Å². The third-order valence-electron chi connectivity index (χ3n) is 4.12. The van der Waals surface area contributed by atoms with E-state index in [0.717, 1.165) is 19.3 Å². The zero-order chi connectivity index (χ0) is 19.1. The minimum absolute atomic E-state index is 0.127. The SMILES string of the molecule is CCCCn1c(N)c(N(C)C(=S)NCCc2ccccc2)c(=O)[nH]c1=O. The van der Waals surface area contributed by atoms with Crippen molar-refractivity contribution in [3.63, 3.8) is 0 Å². The molecule has 0 saturated carbocycles. The zero-order valence-corrected chi connectivity index (χ0v) is 15.9. The molecule has 0 unspecified atom stereocenters. The van der Waals surface area contributed by atoms with Gasteiger partial charge in [0.05, 0.1) is 0 Å². The average molecular weight is 375 g/mol. The van der Waals surface area contributed by atoms with Crippen molar-refractivity contribution in [1.82, 2.24) is 14.9 Å². The van der Waals surface area contributed by atoms with Gasteiger partial charge in [-0.15, -0.1) is 0 Å². The maximum atomic E-state index is 12.3. The maximum absolute atomic E-state index is 12.3. The van der Waals surface area contributed by atoms with Gasteiger partial charge in [-0.1, -0.05) is 43.7 Å². The van der Waals surface area contributed by atoms with Crippen LogP contribution in [0.4, 0.5) is 11.5 Å². The zero-order valence-electron chi connectivity index (χ0n) is 15.1. The number of aromatic nitrogens is 2.